The zero-order valence-corrected chi connectivity index (χ0v) is 17.1. The van der Waals surface area contributed by atoms with Crippen LogP contribution in [0.25, 0.3) is 0 Å². The van der Waals surface area contributed by atoms with Gasteiger partial charge in [-0.3, -0.25) is 4.90 Å². The van der Waals surface area contributed by atoms with Crippen LogP contribution in [-0.4, -0.2) is 62.9 Å². The van der Waals surface area contributed by atoms with Gasteiger partial charge in [-0.1, -0.05) is 18.2 Å². The number of nitrogens with zero attached hydrogens (tertiary/aromatic N) is 3. The van der Waals surface area contributed by atoms with E-state index >= 15 is 0 Å². The van der Waals surface area contributed by atoms with E-state index in [-0.39, 0.29) is 0 Å². The second-order valence-electron chi connectivity index (χ2n) is 7.09. The molecule has 0 atom stereocenters. The number of aromatic nitrogens is 1. The molecule has 3 rings (SSSR count). The number of benzene rings is 1. The average Bonchev–Trinajstić information content (AvgIpc) is 2.75. The molecule has 0 saturated carbocycles. The molecule has 1 aromatic carbocycles. The first-order valence-electron chi connectivity index (χ1n) is 10.1. The maximum absolute atomic E-state index is 5.94. The molecular weight excluding hydrogens is 352 g/mol. The van der Waals surface area contributed by atoms with Crippen LogP contribution < -0.4 is 15.0 Å². The summed E-state index contributed by atoms with van der Waals surface area (Å²) in [5, 5.41) is 3.48. The lowest BCUT2D eigenvalue weighted by atomic mass is 10.2. The molecule has 1 fully saturated rings. The van der Waals surface area contributed by atoms with E-state index in [0.717, 1.165) is 64.0 Å². The topological polar surface area (TPSA) is 49.9 Å². The van der Waals surface area contributed by atoms with Gasteiger partial charge in [-0.25, -0.2) is 4.98 Å². The number of nitrogens with one attached hydrogen (secondary N) is 1. The Kier molecular flexibility index (Phi) is 8.08. The molecular formula is C22H32N4O2. The summed E-state index contributed by atoms with van der Waals surface area (Å²) in [6, 6.07) is 12.5. The largest absolute Gasteiger partial charge is 0.492 e. The van der Waals surface area contributed by atoms with Crippen LogP contribution in [0, 0.1) is 0 Å². The fourth-order valence-corrected chi connectivity index (χ4v) is 3.12. The predicted octanol–water partition coefficient (Wildman–Crippen LogP) is 2.54. The normalized spacial score (nSPS) is 14.8. The Hall–Kier alpha value is -2.15. The first kappa shape index (κ1) is 20.6. The monoisotopic (exact) mass is 384 g/mol. The summed E-state index contributed by atoms with van der Waals surface area (Å²) in [6.45, 7) is 9.98. The minimum Gasteiger partial charge on any atom is -0.492 e. The number of ether oxygens (including phenoxy) is 2. The molecule has 0 aliphatic carbocycles. The molecule has 1 aromatic heterocycles. The van der Waals surface area contributed by atoms with E-state index in [1.807, 2.05) is 12.3 Å². The van der Waals surface area contributed by atoms with Crippen molar-refractivity contribution >= 4 is 5.82 Å². The maximum Gasteiger partial charge on any atom is 0.128 e. The highest BCUT2D eigenvalue weighted by Gasteiger charge is 2.09. The average molecular weight is 385 g/mol. The third-order valence-electron chi connectivity index (χ3n) is 5.01. The van der Waals surface area contributed by atoms with Crippen LogP contribution in [0.5, 0.6) is 5.75 Å². The van der Waals surface area contributed by atoms with Gasteiger partial charge in [0.1, 0.15) is 18.2 Å². The van der Waals surface area contributed by atoms with Crippen molar-refractivity contribution in [2.75, 3.05) is 57.9 Å². The maximum atomic E-state index is 5.94. The van der Waals surface area contributed by atoms with E-state index in [4.69, 9.17) is 9.47 Å². The second kappa shape index (κ2) is 11.0. The number of pyridine rings is 1. The third kappa shape index (κ3) is 6.48. The van der Waals surface area contributed by atoms with Gasteiger partial charge in [-0.15, -0.1) is 0 Å². The summed E-state index contributed by atoms with van der Waals surface area (Å²) >= 11 is 0. The van der Waals surface area contributed by atoms with Gasteiger partial charge in [0.15, 0.2) is 0 Å². The van der Waals surface area contributed by atoms with Gasteiger partial charge in [0.2, 0.25) is 0 Å². The minimum atomic E-state index is 0.709. The number of hydrogen-bond donors (Lipinski definition) is 1. The summed E-state index contributed by atoms with van der Waals surface area (Å²) in [7, 11) is 2.05. The summed E-state index contributed by atoms with van der Waals surface area (Å²) in [6.07, 6.45) is 1.94. The van der Waals surface area contributed by atoms with E-state index in [9.17, 15) is 0 Å². The number of anilines is 1. The smallest absolute Gasteiger partial charge is 0.128 e. The van der Waals surface area contributed by atoms with Gasteiger partial charge >= 0.3 is 0 Å². The lowest BCUT2D eigenvalue weighted by Gasteiger charge is -2.26. The van der Waals surface area contributed by atoms with E-state index in [1.165, 1.54) is 11.1 Å². The van der Waals surface area contributed by atoms with Gasteiger partial charge in [-0.05, 0) is 36.2 Å². The second-order valence-corrected chi connectivity index (χ2v) is 7.09. The third-order valence-corrected chi connectivity index (χ3v) is 5.01. The Bertz CT molecular complexity index is 702. The summed E-state index contributed by atoms with van der Waals surface area (Å²) in [5.74, 6) is 1.94. The molecule has 0 unspecified atom stereocenters. The van der Waals surface area contributed by atoms with Crippen molar-refractivity contribution in [3.8, 4) is 5.75 Å². The lowest BCUT2D eigenvalue weighted by molar-refractivity contribution is 0.0322. The summed E-state index contributed by atoms with van der Waals surface area (Å²) < 4.78 is 11.3. The molecule has 0 amide bonds. The van der Waals surface area contributed by atoms with E-state index in [1.54, 1.807) is 0 Å². The SMILES string of the molecule is CCN(C)c1ccc(CNCc2cccc(OCCN3CCOCC3)c2)cn1. The van der Waals surface area contributed by atoms with Crippen molar-refractivity contribution in [2.24, 2.45) is 0 Å². The molecule has 6 nitrogen and oxygen atoms in total. The predicted molar refractivity (Wildman–Crippen MR) is 113 cm³/mol. The van der Waals surface area contributed by atoms with E-state index in [2.05, 4.69) is 64.4 Å². The Balaban J connectivity index is 1.40. The number of hydrogen-bond acceptors (Lipinski definition) is 6. The highest BCUT2D eigenvalue weighted by Crippen LogP contribution is 2.14. The van der Waals surface area contributed by atoms with Crippen LogP contribution in [-0.2, 0) is 17.8 Å². The first-order valence-corrected chi connectivity index (χ1v) is 10.1. The van der Waals surface area contributed by atoms with E-state index < -0.39 is 0 Å². The molecule has 1 N–H and O–H groups in total. The van der Waals surface area contributed by atoms with Gasteiger partial charge < -0.3 is 19.7 Å². The quantitative estimate of drug-likeness (QED) is 0.679. The molecule has 0 bridgehead atoms. The lowest BCUT2D eigenvalue weighted by Crippen LogP contribution is -2.38. The molecule has 0 radical (unpaired) electrons. The summed E-state index contributed by atoms with van der Waals surface area (Å²) in [5.41, 5.74) is 2.41. The Labute approximate surface area is 168 Å². The summed E-state index contributed by atoms with van der Waals surface area (Å²) in [4.78, 5) is 9.02. The fraction of sp³-hybridized carbons (Fsp3) is 0.500. The van der Waals surface area contributed by atoms with Crippen molar-refractivity contribution in [1.29, 1.82) is 0 Å². The van der Waals surface area contributed by atoms with Crippen molar-refractivity contribution < 1.29 is 9.47 Å². The van der Waals surface area contributed by atoms with Crippen LogP contribution in [0.2, 0.25) is 0 Å². The van der Waals surface area contributed by atoms with Crippen molar-refractivity contribution in [1.82, 2.24) is 15.2 Å². The van der Waals surface area contributed by atoms with Crippen LogP contribution >= 0.6 is 0 Å². The molecule has 1 saturated heterocycles. The van der Waals surface area contributed by atoms with Crippen LogP contribution in [0.15, 0.2) is 42.6 Å². The standard InChI is InChI=1S/C22H32N4O2/c1-3-25(2)22-8-7-20(18-24-22)17-23-16-19-5-4-6-21(15-19)28-14-11-26-9-12-27-13-10-26/h4-8,15,18,23H,3,9-14,16-17H2,1-2H3. The minimum absolute atomic E-state index is 0.709. The molecule has 28 heavy (non-hydrogen) atoms. The molecule has 1 aliphatic rings. The van der Waals surface area contributed by atoms with Gasteiger partial charge in [0.25, 0.3) is 0 Å². The van der Waals surface area contributed by atoms with Crippen LogP contribution in [0.1, 0.15) is 18.1 Å². The van der Waals surface area contributed by atoms with Gasteiger partial charge in [0, 0.05) is 52.5 Å². The number of rotatable bonds is 10. The van der Waals surface area contributed by atoms with Crippen molar-refractivity contribution in [2.45, 2.75) is 20.0 Å². The molecule has 152 valence electrons. The highest BCUT2D eigenvalue weighted by molar-refractivity contribution is 5.38. The molecule has 0 spiro atoms. The van der Waals surface area contributed by atoms with Crippen molar-refractivity contribution in [3.63, 3.8) is 0 Å². The van der Waals surface area contributed by atoms with Gasteiger partial charge in [0.05, 0.1) is 13.2 Å². The van der Waals surface area contributed by atoms with Gasteiger partial charge in [-0.2, -0.15) is 0 Å². The Morgan fingerprint density at radius 1 is 1.14 bits per heavy atom. The number of morpholine rings is 1. The molecule has 1 aliphatic heterocycles. The van der Waals surface area contributed by atoms with Crippen LogP contribution in [0.4, 0.5) is 5.82 Å². The zero-order valence-electron chi connectivity index (χ0n) is 17.1. The zero-order chi connectivity index (χ0) is 19.6. The Morgan fingerprint density at radius 3 is 2.71 bits per heavy atom. The fourth-order valence-electron chi connectivity index (χ4n) is 3.12. The highest BCUT2D eigenvalue weighted by atomic mass is 16.5. The molecule has 6 heteroatoms. The molecule has 2 heterocycles. The van der Waals surface area contributed by atoms with Crippen molar-refractivity contribution in [3.05, 3.63) is 53.7 Å². The Morgan fingerprint density at radius 2 is 1.96 bits per heavy atom. The van der Waals surface area contributed by atoms with E-state index in [0.29, 0.717) is 6.61 Å². The van der Waals surface area contributed by atoms with Crippen LogP contribution in [0.3, 0.4) is 0 Å². The molecule has 2 aromatic rings. The first-order chi connectivity index (χ1) is 13.7.